The molecule has 1 aliphatic carbocycles. The summed E-state index contributed by atoms with van der Waals surface area (Å²) < 4.78 is 0. The van der Waals surface area contributed by atoms with Gasteiger partial charge in [-0.1, -0.05) is 19.3 Å². The van der Waals surface area contributed by atoms with E-state index < -0.39 is 5.60 Å². The van der Waals surface area contributed by atoms with Crippen molar-refractivity contribution in [3.05, 3.63) is 0 Å². The molecule has 0 aromatic heterocycles. The lowest BCUT2D eigenvalue weighted by Gasteiger charge is -2.37. The molecule has 1 heterocycles. The number of aliphatic imine (C=N–C) groups is 1. The molecule has 26 heavy (non-hydrogen) atoms. The smallest absolute Gasteiger partial charge is 0.234 e. The van der Waals surface area contributed by atoms with Crippen LogP contribution in [0.1, 0.15) is 52.9 Å². The Bertz CT molecular complexity index is 467. The number of amides is 1. The fourth-order valence-corrected chi connectivity index (χ4v) is 3.70. The summed E-state index contributed by atoms with van der Waals surface area (Å²) >= 11 is 0. The Hall–Kier alpha value is -1.34. The zero-order valence-corrected chi connectivity index (χ0v) is 16.8. The minimum absolute atomic E-state index is 0.0912. The molecule has 0 bridgehead atoms. The van der Waals surface area contributed by atoms with Gasteiger partial charge in [-0.2, -0.15) is 0 Å². The van der Waals surface area contributed by atoms with Gasteiger partial charge in [-0.05, 0) is 33.6 Å². The average Bonchev–Trinajstić information content (AvgIpc) is 2.59. The van der Waals surface area contributed by atoms with Crippen molar-refractivity contribution in [1.82, 2.24) is 20.4 Å². The highest BCUT2D eigenvalue weighted by Crippen LogP contribution is 2.28. The maximum absolute atomic E-state index is 11.9. The molecule has 0 aromatic carbocycles. The number of carbonyl (C=O) groups excluding carboxylic acids is 1. The van der Waals surface area contributed by atoms with E-state index in [2.05, 4.69) is 27.4 Å². The Labute approximate surface area is 158 Å². The molecule has 7 nitrogen and oxygen atoms in total. The van der Waals surface area contributed by atoms with Crippen LogP contribution in [0, 0.1) is 0 Å². The van der Waals surface area contributed by atoms with Crippen molar-refractivity contribution in [1.29, 1.82) is 0 Å². The molecule has 0 unspecified atom stereocenters. The third-order valence-electron chi connectivity index (χ3n) is 5.13. The van der Waals surface area contributed by atoms with Gasteiger partial charge in [0, 0.05) is 38.8 Å². The van der Waals surface area contributed by atoms with E-state index in [9.17, 15) is 9.90 Å². The molecule has 0 aromatic rings. The second kappa shape index (κ2) is 10.1. The van der Waals surface area contributed by atoms with Crippen LogP contribution in [0.4, 0.5) is 0 Å². The summed E-state index contributed by atoms with van der Waals surface area (Å²) in [5, 5.41) is 17.0. The third kappa shape index (κ3) is 6.76. The lowest BCUT2D eigenvalue weighted by atomic mass is 9.85. The van der Waals surface area contributed by atoms with Crippen LogP contribution in [0.25, 0.3) is 0 Å². The highest BCUT2D eigenvalue weighted by molar-refractivity contribution is 5.80. The number of nitrogens with zero attached hydrogens (tertiary/aromatic N) is 3. The molecular formula is C19H37N5O2. The second-order valence-corrected chi connectivity index (χ2v) is 7.94. The summed E-state index contributed by atoms with van der Waals surface area (Å²) in [6.45, 7) is 11.2. The molecular weight excluding hydrogens is 330 g/mol. The van der Waals surface area contributed by atoms with Crippen LogP contribution in [0.15, 0.2) is 4.99 Å². The average molecular weight is 368 g/mol. The summed E-state index contributed by atoms with van der Waals surface area (Å²) in [4.78, 5) is 21.1. The van der Waals surface area contributed by atoms with Crippen LogP contribution in [0.3, 0.4) is 0 Å². The van der Waals surface area contributed by atoms with Gasteiger partial charge >= 0.3 is 0 Å². The Kier molecular flexibility index (Phi) is 8.15. The van der Waals surface area contributed by atoms with Crippen molar-refractivity contribution in [3.8, 4) is 0 Å². The first kappa shape index (κ1) is 21.0. The fraction of sp³-hybridized carbons (Fsp3) is 0.895. The molecule has 3 N–H and O–H groups in total. The number of aliphatic hydroxyl groups is 1. The SMILES string of the molecule is CCNC(=NCC1(O)CCCCC1)N1CCN(CC(=O)NC(C)C)CC1. The number of hydrogen-bond acceptors (Lipinski definition) is 4. The number of carbonyl (C=O) groups is 1. The van der Waals surface area contributed by atoms with Crippen molar-refractivity contribution in [2.45, 2.75) is 64.5 Å². The maximum Gasteiger partial charge on any atom is 0.234 e. The lowest BCUT2D eigenvalue weighted by molar-refractivity contribution is -0.123. The summed E-state index contributed by atoms with van der Waals surface area (Å²) in [7, 11) is 0. The highest BCUT2D eigenvalue weighted by Gasteiger charge is 2.29. The molecule has 0 radical (unpaired) electrons. The Morgan fingerprint density at radius 3 is 2.38 bits per heavy atom. The van der Waals surface area contributed by atoms with Gasteiger partial charge in [-0.15, -0.1) is 0 Å². The normalized spacial score (nSPS) is 21.7. The zero-order chi connectivity index (χ0) is 19.0. The first-order valence-electron chi connectivity index (χ1n) is 10.2. The van der Waals surface area contributed by atoms with E-state index in [4.69, 9.17) is 4.99 Å². The molecule has 2 aliphatic rings. The summed E-state index contributed by atoms with van der Waals surface area (Å²) in [5.74, 6) is 0.978. The molecule has 2 fully saturated rings. The fourth-order valence-electron chi connectivity index (χ4n) is 3.70. The van der Waals surface area contributed by atoms with Gasteiger partial charge < -0.3 is 20.6 Å². The van der Waals surface area contributed by atoms with Crippen LogP contribution in [-0.2, 0) is 4.79 Å². The van der Waals surface area contributed by atoms with E-state index in [1.54, 1.807) is 0 Å². The van der Waals surface area contributed by atoms with Gasteiger partial charge in [0.25, 0.3) is 0 Å². The van der Waals surface area contributed by atoms with Crippen molar-refractivity contribution in [2.24, 2.45) is 4.99 Å². The van der Waals surface area contributed by atoms with Crippen LogP contribution in [-0.4, -0.2) is 84.2 Å². The monoisotopic (exact) mass is 367 g/mol. The predicted molar refractivity (Wildman–Crippen MR) is 105 cm³/mol. The second-order valence-electron chi connectivity index (χ2n) is 7.94. The van der Waals surface area contributed by atoms with E-state index >= 15 is 0 Å². The van der Waals surface area contributed by atoms with Gasteiger partial charge in [0.15, 0.2) is 5.96 Å². The lowest BCUT2D eigenvalue weighted by Crippen LogP contribution is -2.54. The van der Waals surface area contributed by atoms with E-state index in [1.807, 2.05) is 13.8 Å². The zero-order valence-electron chi connectivity index (χ0n) is 16.8. The molecule has 1 saturated heterocycles. The van der Waals surface area contributed by atoms with Crippen molar-refractivity contribution in [3.63, 3.8) is 0 Å². The molecule has 1 aliphatic heterocycles. The van der Waals surface area contributed by atoms with E-state index in [0.717, 1.165) is 64.4 Å². The van der Waals surface area contributed by atoms with E-state index in [1.165, 1.54) is 6.42 Å². The summed E-state index contributed by atoms with van der Waals surface area (Å²) in [5.41, 5.74) is -0.629. The Morgan fingerprint density at radius 1 is 1.15 bits per heavy atom. The van der Waals surface area contributed by atoms with Crippen molar-refractivity contribution in [2.75, 3.05) is 45.8 Å². The van der Waals surface area contributed by atoms with Crippen LogP contribution < -0.4 is 10.6 Å². The number of guanidine groups is 1. The van der Waals surface area contributed by atoms with Crippen LogP contribution >= 0.6 is 0 Å². The van der Waals surface area contributed by atoms with Crippen molar-refractivity contribution < 1.29 is 9.90 Å². The van der Waals surface area contributed by atoms with Crippen LogP contribution in [0.5, 0.6) is 0 Å². The van der Waals surface area contributed by atoms with Gasteiger partial charge in [0.1, 0.15) is 0 Å². The van der Waals surface area contributed by atoms with Gasteiger partial charge in [0.05, 0.1) is 18.7 Å². The first-order chi connectivity index (χ1) is 12.4. The molecule has 1 amide bonds. The highest BCUT2D eigenvalue weighted by atomic mass is 16.3. The number of hydrogen-bond donors (Lipinski definition) is 3. The molecule has 150 valence electrons. The van der Waals surface area contributed by atoms with Gasteiger partial charge in [0.2, 0.25) is 5.91 Å². The quantitative estimate of drug-likeness (QED) is 0.478. The number of rotatable bonds is 6. The summed E-state index contributed by atoms with van der Waals surface area (Å²) in [6.07, 6.45) is 5.13. The van der Waals surface area contributed by atoms with Gasteiger partial charge in [-0.25, -0.2) is 0 Å². The Balaban J connectivity index is 1.85. The van der Waals surface area contributed by atoms with E-state index in [0.29, 0.717) is 13.1 Å². The van der Waals surface area contributed by atoms with Gasteiger partial charge in [-0.3, -0.25) is 14.7 Å². The molecule has 1 saturated carbocycles. The van der Waals surface area contributed by atoms with Crippen LogP contribution in [0.2, 0.25) is 0 Å². The number of piperazine rings is 1. The minimum Gasteiger partial charge on any atom is -0.388 e. The minimum atomic E-state index is -0.629. The maximum atomic E-state index is 11.9. The first-order valence-corrected chi connectivity index (χ1v) is 10.2. The Morgan fingerprint density at radius 2 is 1.81 bits per heavy atom. The largest absolute Gasteiger partial charge is 0.388 e. The standard InChI is InChI=1S/C19H37N5O2/c1-4-20-18(21-15-19(26)8-6-5-7-9-19)24-12-10-23(11-13-24)14-17(25)22-16(2)3/h16,26H,4-15H2,1-3H3,(H,20,21)(H,22,25). The molecule has 0 spiro atoms. The molecule has 0 atom stereocenters. The topological polar surface area (TPSA) is 80.2 Å². The summed E-state index contributed by atoms with van der Waals surface area (Å²) in [6, 6.07) is 0.182. The van der Waals surface area contributed by atoms with Crippen molar-refractivity contribution >= 4 is 11.9 Å². The van der Waals surface area contributed by atoms with E-state index in [-0.39, 0.29) is 11.9 Å². The number of nitrogens with one attached hydrogen (secondary N) is 2. The third-order valence-corrected chi connectivity index (χ3v) is 5.13. The predicted octanol–water partition coefficient (Wildman–Crippen LogP) is 0.789. The molecule has 2 rings (SSSR count). The molecule has 7 heteroatoms.